The summed E-state index contributed by atoms with van der Waals surface area (Å²) in [7, 11) is -3.25. The normalized spacial score (nSPS) is 12.3. The molecule has 0 spiro atoms. The molecule has 0 aromatic rings. The highest BCUT2D eigenvalue weighted by Crippen LogP contribution is 2.11. The Kier molecular flexibility index (Phi) is 15.3. The summed E-state index contributed by atoms with van der Waals surface area (Å²) in [6, 6.07) is 0. The van der Waals surface area contributed by atoms with E-state index in [4.69, 9.17) is 4.18 Å². The van der Waals surface area contributed by atoms with Gasteiger partial charge in [0.1, 0.15) is 0 Å². The van der Waals surface area contributed by atoms with Gasteiger partial charge in [-0.25, -0.2) is 0 Å². The second-order valence-corrected chi connectivity index (χ2v) is 7.75. The van der Waals surface area contributed by atoms with E-state index in [-0.39, 0.29) is 0 Å². The largest absolute Gasteiger partial charge is 0.270 e. The monoisotopic (exact) mass is 332 g/mol. The minimum absolute atomic E-state index is 0.338. The molecule has 0 unspecified atom stereocenters. The van der Waals surface area contributed by atoms with Crippen LogP contribution in [0.3, 0.4) is 0 Å². The van der Waals surface area contributed by atoms with Gasteiger partial charge in [-0.05, 0) is 25.7 Å². The van der Waals surface area contributed by atoms with Gasteiger partial charge in [-0.1, -0.05) is 76.9 Å². The number of unbranched alkanes of at least 4 members (excludes halogenated alkanes) is 11. The molecule has 0 N–H and O–H groups in total. The molecule has 0 aromatic carbocycles. The van der Waals surface area contributed by atoms with Crippen LogP contribution in [0.25, 0.3) is 0 Å². The predicted molar refractivity (Wildman–Crippen MR) is 95.6 cm³/mol. The van der Waals surface area contributed by atoms with Gasteiger partial charge >= 0.3 is 0 Å². The summed E-state index contributed by atoms with van der Waals surface area (Å²) in [5.41, 5.74) is 0. The summed E-state index contributed by atoms with van der Waals surface area (Å²) in [6.07, 6.45) is 21.9. The van der Waals surface area contributed by atoms with E-state index in [9.17, 15) is 8.42 Å². The van der Waals surface area contributed by atoms with Gasteiger partial charge in [0.15, 0.2) is 0 Å². The molecule has 0 rings (SSSR count). The van der Waals surface area contributed by atoms with Crippen molar-refractivity contribution < 1.29 is 12.6 Å². The highest BCUT2D eigenvalue weighted by atomic mass is 32.2. The second-order valence-electron chi connectivity index (χ2n) is 6.11. The molecule has 132 valence electrons. The fourth-order valence-electron chi connectivity index (χ4n) is 2.37. The van der Waals surface area contributed by atoms with Crippen molar-refractivity contribution in [1.82, 2.24) is 0 Å². The molecule has 0 saturated heterocycles. The third-order valence-electron chi connectivity index (χ3n) is 3.70. The molecule has 0 aliphatic rings. The first-order chi connectivity index (χ1) is 10.6. The van der Waals surface area contributed by atoms with Gasteiger partial charge in [-0.2, -0.15) is 8.42 Å². The van der Waals surface area contributed by atoms with E-state index >= 15 is 0 Å². The van der Waals surface area contributed by atoms with Crippen LogP contribution in [-0.4, -0.2) is 21.3 Å². The summed E-state index contributed by atoms with van der Waals surface area (Å²) in [6.45, 7) is 2.57. The van der Waals surface area contributed by atoms with Gasteiger partial charge in [0.25, 0.3) is 10.1 Å². The van der Waals surface area contributed by atoms with Crippen molar-refractivity contribution in [3.05, 3.63) is 12.2 Å². The number of hydrogen-bond donors (Lipinski definition) is 0. The van der Waals surface area contributed by atoms with Crippen LogP contribution < -0.4 is 0 Å². The van der Waals surface area contributed by atoms with E-state index < -0.39 is 10.1 Å². The molecule has 0 aliphatic heterocycles. The molecule has 4 heteroatoms. The summed E-state index contributed by atoms with van der Waals surface area (Å²) in [5.74, 6) is 0. The maximum absolute atomic E-state index is 10.8. The Labute approximate surface area is 138 Å². The standard InChI is InChI=1S/C18H36O3S/c1-3-4-5-6-7-8-9-10-11-12-13-14-15-16-17-18-21-22(2,19)20/h6-7H,3-5,8-18H2,1-2H3. The first kappa shape index (κ1) is 21.6. The summed E-state index contributed by atoms with van der Waals surface area (Å²) >= 11 is 0. The van der Waals surface area contributed by atoms with Gasteiger partial charge in [0.05, 0.1) is 12.9 Å². The highest BCUT2D eigenvalue weighted by molar-refractivity contribution is 7.85. The third kappa shape index (κ3) is 19.7. The zero-order chi connectivity index (χ0) is 16.5. The van der Waals surface area contributed by atoms with Crippen molar-refractivity contribution in [3.8, 4) is 0 Å². The number of hydrogen-bond acceptors (Lipinski definition) is 3. The van der Waals surface area contributed by atoms with Gasteiger partial charge in [0, 0.05) is 0 Å². The van der Waals surface area contributed by atoms with Crippen LogP contribution in [0.4, 0.5) is 0 Å². The van der Waals surface area contributed by atoms with Crippen LogP contribution in [0.5, 0.6) is 0 Å². The lowest BCUT2D eigenvalue weighted by molar-refractivity contribution is 0.309. The van der Waals surface area contributed by atoms with E-state index in [1.54, 1.807) is 0 Å². The van der Waals surface area contributed by atoms with E-state index in [1.807, 2.05) is 0 Å². The Hall–Kier alpha value is -0.350. The van der Waals surface area contributed by atoms with Crippen molar-refractivity contribution in [2.75, 3.05) is 12.9 Å². The van der Waals surface area contributed by atoms with Gasteiger partial charge in [-0.3, -0.25) is 4.18 Å². The quantitative estimate of drug-likeness (QED) is 0.210. The van der Waals surface area contributed by atoms with Crippen molar-refractivity contribution >= 4 is 10.1 Å². The average molecular weight is 333 g/mol. The fraction of sp³-hybridized carbons (Fsp3) is 0.889. The van der Waals surface area contributed by atoms with Gasteiger partial charge < -0.3 is 0 Å². The highest BCUT2D eigenvalue weighted by Gasteiger charge is 2.00. The zero-order valence-electron chi connectivity index (χ0n) is 14.7. The number of allylic oxidation sites excluding steroid dienone is 2. The summed E-state index contributed by atoms with van der Waals surface area (Å²) in [5, 5.41) is 0. The lowest BCUT2D eigenvalue weighted by atomic mass is 10.1. The Balaban J connectivity index is 3.10. The molecule has 0 radical (unpaired) electrons. The predicted octanol–water partition coefficient (Wildman–Crippen LogP) is 5.61. The Bertz CT molecular complexity index is 347. The molecular formula is C18H36O3S. The van der Waals surface area contributed by atoms with Crippen LogP contribution in [0.2, 0.25) is 0 Å². The minimum Gasteiger partial charge on any atom is -0.270 e. The average Bonchev–Trinajstić information content (AvgIpc) is 2.45. The topological polar surface area (TPSA) is 43.4 Å². The summed E-state index contributed by atoms with van der Waals surface area (Å²) in [4.78, 5) is 0. The van der Waals surface area contributed by atoms with E-state index in [0.717, 1.165) is 19.1 Å². The molecular weight excluding hydrogens is 296 g/mol. The molecule has 0 fully saturated rings. The second kappa shape index (κ2) is 15.5. The first-order valence-corrected chi connectivity index (χ1v) is 10.9. The van der Waals surface area contributed by atoms with E-state index in [1.165, 1.54) is 70.6 Å². The Morgan fingerprint density at radius 2 is 1.18 bits per heavy atom. The maximum Gasteiger partial charge on any atom is 0.264 e. The first-order valence-electron chi connectivity index (χ1n) is 9.05. The van der Waals surface area contributed by atoms with Crippen molar-refractivity contribution in [2.45, 2.75) is 90.4 Å². The van der Waals surface area contributed by atoms with Crippen LogP contribution in [0.15, 0.2) is 12.2 Å². The van der Waals surface area contributed by atoms with Crippen LogP contribution >= 0.6 is 0 Å². The molecule has 0 aliphatic carbocycles. The Morgan fingerprint density at radius 1 is 0.727 bits per heavy atom. The van der Waals surface area contributed by atoms with Crippen molar-refractivity contribution in [1.29, 1.82) is 0 Å². The molecule has 3 nitrogen and oxygen atoms in total. The number of rotatable bonds is 16. The molecule has 0 saturated carbocycles. The molecule has 0 atom stereocenters. The molecule has 22 heavy (non-hydrogen) atoms. The van der Waals surface area contributed by atoms with E-state index in [2.05, 4.69) is 19.1 Å². The van der Waals surface area contributed by atoms with Crippen molar-refractivity contribution in [2.24, 2.45) is 0 Å². The molecule has 0 bridgehead atoms. The molecule has 0 heterocycles. The smallest absolute Gasteiger partial charge is 0.264 e. The minimum atomic E-state index is -3.25. The van der Waals surface area contributed by atoms with Crippen molar-refractivity contribution in [3.63, 3.8) is 0 Å². The fourth-order valence-corrected chi connectivity index (χ4v) is 2.79. The van der Waals surface area contributed by atoms with Crippen LogP contribution in [0, 0.1) is 0 Å². The molecule has 0 amide bonds. The van der Waals surface area contributed by atoms with Crippen LogP contribution in [0.1, 0.15) is 90.4 Å². The summed E-state index contributed by atoms with van der Waals surface area (Å²) < 4.78 is 26.2. The van der Waals surface area contributed by atoms with Gasteiger partial charge in [0.2, 0.25) is 0 Å². The van der Waals surface area contributed by atoms with Crippen LogP contribution in [-0.2, 0) is 14.3 Å². The zero-order valence-corrected chi connectivity index (χ0v) is 15.5. The lowest BCUT2D eigenvalue weighted by Crippen LogP contribution is -2.03. The SMILES string of the molecule is CCCCC=CCCCCCCCCCCCOS(C)(=O)=O. The van der Waals surface area contributed by atoms with Gasteiger partial charge in [-0.15, -0.1) is 0 Å². The molecule has 0 aromatic heterocycles. The maximum atomic E-state index is 10.8. The Morgan fingerprint density at radius 3 is 1.68 bits per heavy atom. The lowest BCUT2D eigenvalue weighted by Gasteiger charge is -2.02. The van der Waals surface area contributed by atoms with E-state index in [0.29, 0.717) is 6.61 Å². The third-order valence-corrected chi connectivity index (χ3v) is 4.30.